The highest BCUT2D eigenvalue weighted by atomic mass is 16.3. The lowest BCUT2D eigenvalue weighted by atomic mass is 10.1. The summed E-state index contributed by atoms with van der Waals surface area (Å²) in [6.45, 7) is 1.13. The van der Waals surface area contributed by atoms with E-state index >= 15 is 0 Å². The van der Waals surface area contributed by atoms with Crippen LogP contribution in [-0.4, -0.2) is 42.3 Å². The number of aliphatic hydroxyl groups is 1. The van der Waals surface area contributed by atoms with Crippen LogP contribution in [0.25, 0.3) is 0 Å². The first kappa shape index (κ1) is 12.9. The average Bonchev–Trinajstić information content (AvgIpc) is 2.45. The summed E-state index contributed by atoms with van der Waals surface area (Å²) in [6.07, 6.45) is 8.89. The Bertz CT molecular complexity index is 156. The van der Waals surface area contributed by atoms with E-state index in [0.717, 1.165) is 19.0 Å². The second-order valence-corrected chi connectivity index (χ2v) is 4.86. The molecule has 0 aliphatic heterocycles. The second kappa shape index (κ2) is 7.20. The highest BCUT2D eigenvalue weighted by Crippen LogP contribution is 2.21. The monoisotopic (exact) mass is 214 g/mol. The minimum Gasteiger partial charge on any atom is -0.396 e. The molecule has 1 aliphatic carbocycles. The van der Waals surface area contributed by atoms with Gasteiger partial charge in [-0.25, -0.2) is 0 Å². The highest BCUT2D eigenvalue weighted by Gasteiger charge is 2.18. The Labute approximate surface area is 93.6 Å². The zero-order valence-electron chi connectivity index (χ0n) is 9.99. The fraction of sp³-hybridized carbons (Fsp3) is 1.00. The van der Waals surface area contributed by atoms with Gasteiger partial charge in [-0.05, 0) is 26.3 Å². The highest BCUT2D eigenvalue weighted by molar-refractivity contribution is 4.75. The molecule has 0 radical (unpaired) electrons. The van der Waals surface area contributed by atoms with E-state index in [1.165, 1.54) is 38.5 Å². The van der Waals surface area contributed by atoms with E-state index in [0.29, 0.717) is 0 Å². The van der Waals surface area contributed by atoms with Crippen LogP contribution in [0.1, 0.15) is 44.9 Å². The van der Waals surface area contributed by atoms with Crippen molar-refractivity contribution < 1.29 is 5.11 Å². The first-order valence-corrected chi connectivity index (χ1v) is 6.30. The Morgan fingerprint density at radius 1 is 1.27 bits per heavy atom. The van der Waals surface area contributed by atoms with Crippen LogP contribution < -0.4 is 5.73 Å². The van der Waals surface area contributed by atoms with Crippen molar-refractivity contribution in [3.05, 3.63) is 0 Å². The van der Waals surface area contributed by atoms with Crippen LogP contribution in [-0.2, 0) is 0 Å². The molecule has 1 atom stereocenters. The quantitative estimate of drug-likeness (QED) is 0.679. The molecular formula is C12H26N2O. The zero-order valence-corrected chi connectivity index (χ0v) is 9.99. The van der Waals surface area contributed by atoms with Gasteiger partial charge in [0.15, 0.2) is 0 Å². The molecule has 0 heterocycles. The summed E-state index contributed by atoms with van der Waals surface area (Å²) in [5.41, 5.74) is 5.93. The van der Waals surface area contributed by atoms with Gasteiger partial charge in [-0.1, -0.05) is 25.7 Å². The van der Waals surface area contributed by atoms with E-state index < -0.39 is 0 Å². The summed E-state index contributed by atoms with van der Waals surface area (Å²) in [7, 11) is 2.17. The van der Waals surface area contributed by atoms with Crippen molar-refractivity contribution in [1.82, 2.24) is 4.90 Å². The maximum Gasteiger partial charge on any atom is 0.0446 e. The minimum absolute atomic E-state index is 0.128. The first-order chi connectivity index (χ1) is 7.24. The van der Waals surface area contributed by atoms with Crippen molar-refractivity contribution in [2.24, 2.45) is 5.73 Å². The lowest BCUT2D eigenvalue weighted by Gasteiger charge is -2.29. The summed E-state index contributed by atoms with van der Waals surface area (Å²) in [5.74, 6) is 0. The fourth-order valence-electron chi connectivity index (χ4n) is 2.47. The number of hydrogen-bond acceptors (Lipinski definition) is 3. The number of aliphatic hydroxyl groups excluding tert-OH is 1. The Balaban J connectivity index is 2.27. The van der Waals surface area contributed by atoms with Crippen LogP contribution in [0.2, 0.25) is 0 Å². The Morgan fingerprint density at radius 2 is 1.87 bits per heavy atom. The van der Waals surface area contributed by atoms with Crippen molar-refractivity contribution >= 4 is 0 Å². The topological polar surface area (TPSA) is 49.5 Å². The number of nitrogens with zero attached hydrogens (tertiary/aromatic N) is 1. The lowest BCUT2D eigenvalue weighted by Crippen LogP contribution is -2.41. The summed E-state index contributed by atoms with van der Waals surface area (Å²) >= 11 is 0. The van der Waals surface area contributed by atoms with Crippen molar-refractivity contribution in [1.29, 1.82) is 0 Å². The number of rotatable bonds is 5. The van der Waals surface area contributed by atoms with Crippen LogP contribution >= 0.6 is 0 Å². The molecular weight excluding hydrogens is 188 g/mol. The maximum absolute atomic E-state index is 8.81. The zero-order chi connectivity index (χ0) is 11.1. The smallest absolute Gasteiger partial charge is 0.0446 e. The standard InChI is InChI=1S/C12H26N2O/c1-14(10-11(13)8-9-15)12-6-4-2-3-5-7-12/h11-12,15H,2-10,13H2,1H3. The minimum atomic E-state index is 0.128. The number of nitrogens with two attached hydrogens (primary N) is 1. The summed E-state index contributed by atoms with van der Waals surface area (Å²) in [5, 5.41) is 8.81. The van der Waals surface area contributed by atoms with Crippen LogP contribution in [0, 0.1) is 0 Å². The molecule has 0 aromatic carbocycles. The second-order valence-electron chi connectivity index (χ2n) is 4.86. The molecule has 3 N–H and O–H groups in total. The van der Waals surface area contributed by atoms with Gasteiger partial charge >= 0.3 is 0 Å². The molecule has 0 bridgehead atoms. The van der Waals surface area contributed by atoms with Gasteiger partial charge in [-0.3, -0.25) is 0 Å². The fourth-order valence-corrected chi connectivity index (χ4v) is 2.47. The number of likely N-dealkylation sites (N-methyl/N-ethyl adjacent to an activating group) is 1. The van der Waals surface area contributed by atoms with E-state index in [9.17, 15) is 0 Å². The predicted molar refractivity (Wildman–Crippen MR) is 63.8 cm³/mol. The molecule has 1 saturated carbocycles. The predicted octanol–water partition coefficient (Wildman–Crippen LogP) is 1.35. The molecule has 3 nitrogen and oxygen atoms in total. The van der Waals surface area contributed by atoms with Crippen molar-refractivity contribution in [3.8, 4) is 0 Å². The molecule has 0 saturated heterocycles. The molecule has 90 valence electrons. The van der Waals surface area contributed by atoms with Gasteiger partial charge in [0.05, 0.1) is 0 Å². The van der Waals surface area contributed by atoms with E-state index in [1.807, 2.05) is 0 Å². The Hall–Kier alpha value is -0.120. The van der Waals surface area contributed by atoms with Gasteiger partial charge in [0, 0.05) is 25.2 Å². The molecule has 0 amide bonds. The van der Waals surface area contributed by atoms with Crippen LogP contribution in [0.4, 0.5) is 0 Å². The van der Waals surface area contributed by atoms with Crippen LogP contribution in [0.15, 0.2) is 0 Å². The van der Waals surface area contributed by atoms with Crippen molar-refractivity contribution in [2.45, 2.75) is 57.0 Å². The SMILES string of the molecule is CN(CC(N)CCO)C1CCCCCC1. The van der Waals surface area contributed by atoms with Crippen LogP contribution in [0.3, 0.4) is 0 Å². The molecule has 1 fully saturated rings. The van der Waals surface area contributed by atoms with Gasteiger partial charge < -0.3 is 15.7 Å². The molecule has 3 heteroatoms. The average molecular weight is 214 g/mol. The summed E-state index contributed by atoms with van der Waals surface area (Å²) < 4.78 is 0. The van der Waals surface area contributed by atoms with Gasteiger partial charge in [0.2, 0.25) is 0 Å². The normalized spacial score (nSPS) is 21.6. The maximum atomic E-state index is 8.81. The Kier molecular flexibility index (Phi) is 6.22. The van der Waals surface area contributed by atoms with Crippen molar-refractivity contribution in [2.75, 3.05) is 20.2 Å². The van der Waals surface area contributed by atoms with E-state index in [-0.39, 0.29) is 12.6 Å². The van der Waals surface area contributed by atoms with E-state index in [1.54, 1.807) is 0 Å². The van der Waals surface area contributed by atoms with Gasteiger partial charge in [0.25, 0.3) is 0 Å². The van der Waals surface area contributed by atoms with Gasteiger partial charge in [-0.2, -0.15) is 0 Å². The van der Waals surface area contributed by atoms with Crippen molar-refractivity contribution in [3.63, 3.8) is 0 Å². The first-order valence-electron chi connectivity index (χ1n) is 6.30. The molecule has 1 aliphatic rings. The summed E-state index contributed by atoms with van der Waals surface area (Å²) in [6, 6.07) is 0.848. The molecule has 1 unspecified atom stereocenters. The number of hydrogen-bond donors (Lipinski definition) is 2. The Morgan fingerprint density at radius 3 is 2.40 bits per heavy atom. The van der Waals surface area contributed by atoms with E-state index in [4.69, 9.17) is 10.8 Å². The molecule has 0 spiro atoms. The largest absolute Gasteiger partial charge is 0.396 e. The van der Waals surface area contributed by atoms with Gasteiger partial charge in [-0.15, -0.1) is 0 Å². The molecule has 1 rings (SSSR count). The van der Waals surface area contributed by atoms with Crippen LogP contribution in [0.5, 0.6) is 0 Å². The summed E-state index contributed by atoms with van der Waals surface area (Å²) in [4.78, 5) is 2.39. The molecule has 15 heavy (non-hydrogen) atoms. The van der Waals surface area contributed by atoms with Gasteiger partial charge in [0.1, 0.15) is 0 Å². The third kappa shape index (κ3) is 4.96. The van der Waals surface area contributed by atoms with E-state index in [2.05, 4.69) is 11.9 Å². The third-order valence-corrected chi connectivity index (χ3v) is 3.47. The molecule has 0 aromatic heterocycles. The molecule has 0 aromatic rings. The lowest BCUT2D eigenvalue weighted by molar-refractivity contribution is 0.193. The third-order valence-electron chi connectivity index (χ3n) is 3.47.